The van der Waals surface area contributed by atoms with Crippen molar-refractivity contribution in [1.82, 2.24) is 14.6 Å². The first-order chi connectivity index (χ1) is 14.8. The molecule has 1 aliphatic heterocycles. The molecule has 1 aliphatic rings. The molecule has 2 aromatic heterocycles. The molecule has 1 saturated heterocycles. The number of likely N-dealkylation sites (tertiary alicyclic amines) is 1. The molecular weight excluding hydrogens is 450 g/mol. The second-order valence-corrected chi connectivity index (χ2v) is 11.7. The van der Waals surface area contributed by atoms with Crippen molar-refractivity contribution in [2.75, 3.05) is 13.1 Å². The third-order valence-electron chi connectivity index (χ3n) is 5.31. The Balaban J connectivity index is 1.49. The molecule has 0 aliphatic carbocycles. The van der Waals surface area contributed by atoms with Gasteiger partial charge in [0.25, 0.3) is 5.91 Å². The summed E-state index contributed by atoms with van der Waals surface area (Å²) >= 11 is 2.50. The van der Waals surface area contributed by atoms with Gasteiger partial charge in [0.15, 0.2) is 0 Å². The third kappa shape index (κ3) is 5.06. The van der Waals surface area contributed by atoms with Crippen molar-refractivity contribution >= 4 is 38.6 Å². The van der Waals surface area contributed by atoms with Crippen molar-refractivity contribution in [2.45, 2.75) is 43.9 Å². The van der Waals surface area contributed by atoms with Gasteiger partial charge in [0.1, 0.15) is 14.1 Å². The van der Waals surface area contributed by atoms with Crippen molar-refractivity contribution in [2.24, 2.45) is 0 Å². The van der Waals surface area contributed by atoms with Crippen LogP contribution in [0.4, 0.5) is 0 Å². The van der Waals surface area contributed by atoms with Crippen molar-refractivity contribution in [3.63, 3.8) is 0 Å². The van der Waals surface area contributed by atoms with E-state index < -0.39 is 10.0 Å². The van der Waals surface area contributed by atoms with E-state index in [2.05, 4.69) is 9.71 Å². The molecule has 0 spiro atoms. The number of amides is 1. The maximum Gasteiger partial charge on any atom is 0.265 e. The number of hydrogen-bond donors (Lipinski definition) is 1. The SMILES string of the molecule is Cc1ccc(CNS(=O)(=O)c2cc(-c3nc(C)c(C(=O)N4CCCCC4)s3)cs2)cc1. The second kappa shape index (κ2) is 9.20. The quantitative estimate of drug-likeness (QED) is 0.565. The van der Waals surface area contributed by atoms with Crippen molar-refractivity contribution in [1.29, 1.82) is 0 Å². The zero-order valence-electron chi connectivity index (χ0n) is 17.6. The van der Waals surface area contributed by atoms with Crippen LogP contribution in [0.1, 0.15) is 45.8 Å². The fourth-order valence-corrected chi connectivity index (χ4v) is 6.81. The molecule has 0 radical (unpaired) electrons. The maximum atomic E-state index is 12.9. The Morgan fingerprint density at radius 3 is 2.55 bits per heavy atom. The van der Waals surface area contributed by atoms with E-state index in [0.29, 0.717) is 15.6 Å². The highest BCUT2D eigenvalue weighted by Gasteiger charge is 2.24. The number of benzene rings is 1. The van der Waals surface area contributed by atoms with Gasteiger partial charge in [0, 0.05) is 30.6 Å². The number of rotatable bonds is 6. The average Bonchev–Trinajstić information content (AvgIpc) is 3.41. The number of nitrogens with one attached hydrogen (secondary N) is 1. The van der Waals surface area contributed by atoms with E-state index in [1.165, 1.54) is 17.8 Å². The van der Waals surface area contributed by atoms with Crippen LogP contribution in [-0.2, 0) is 16.6 Å². The molecule has 4 rings (SSSR count). The average molecular weight is 476 g/mol. The van der Waals surface area contributed by atoms with E-state index >= 15 is 0 Å². The lowest BCUT2D eigenvalue weighted by Gasteiger charge is -2.26. The second-order valence-electron chi connectivity index (χ2n) is 7.75. The van der Waals surface area contributed by atoms with Crippen LogP contribution in [0.5, 0.6) is 0 Å². The first-order valence-electron chi connectivity index (χ1n) is 10.2. The number of sulfonamides is 1. The van der Waals surface area contributed by atoms with Crippen LogP contribution in [0.2, 0.25) is 0 Å². The Morgan fingerprint density at radius 2 is 1.84 bits per heavy atom. The van der Waals surface area contributed by atoms with Gasteiger partial charge >= 0.3 is 0 Å². The predicted molar refractivity (Wildman–Crippen MR) is 125 cm³/mol. The lowest BCUT2D eigenvalue weighted by Crippen LogP contribution is -2.35. The fraction of sp³-hybridized carbons (Fsp3) is 0.364. The molecule has 6 nitrogen and oxygen atoms in total. The molecule has 3 aromatic rings. The molecule has 0 unspecified atom stereocenters. The van der Waals surface area contributed by atoms with Gasteiger partial charge in [-0.3, -0.25) is 4.79 Å². The summed E-state index contributed by atoms with van der Waals surface area (Å²) in [5.74, 6) is 0.0313. The number of carbonyl (C=O) groups excluding carboxylic acids is 1. The monoisotopic (exact) mass is 475 g/mol. The Kier molecular flexibility index (Phi) is 6.57. The van der Waals surface area contributed by atoms with Crippen LogP contribution < -0.4 is 4.72 Å². The summed E-state index contributed by atoms with van der Waals surface area (Å²) in [6.07, 6.45) is 3.25. The summed E-state index contributed by atoms with van der Waals surface area (Å²) in [7, 11) is -3.62. The highest BCUT2D eigenvalue weighted by molar-refractivity contribution is 7.91. The topological polar surface area (TPSA) is 79.4 Å². The van der Waals surface area contributed by atoms with Crippen molar-refractivity contribution in [3.8, 4) is 10.6 Å². The largest absolute Gasteiger partial charge is 0.338 e. The van der Waals surface area contributed by atoms with Gasteiger partial charge in [0.2, 0.25) is 10.0 Å². The van der Waals surface area contributed by atoms with Gasteiger partial charge in [-0.15, -0.1) is 22.7 Å². The number of piperidine rings is 1. The first kappa shape index (κ1) is 22.1. The maximum absolute atomic E-state index is 12.9. The van der Waals surface area contributed by atoms with E-state index in [1.54, 1.807) is 11.4 Å². The Bertz CT molecular complexity index is 1170. The lowest BCUT2D eigenvalue weighted by atomic mass is 10.1. The lowest BCUT2D eigenvalue weighted by molar-refractivity contribution is 0.0728. The molecule has 1 fully saturated rings. The Hall–Kier alpha value is -2.07. The van der Waals surface area contributed by atoms with Gasteiger partial charge < -0.3 is 4.90 Å². The van der Waals surface area contributed by atoms with E-state index in [1.807, 2.05) is 43.0 Å². The molecule has 0 bridgehead atoms. The molecule has 3 heterocycles. The zero-order valence-corrected chi connectivity index (χ0v) is 20.0. The summed E-state index contributed by atoms with van der Waals surface area (Å²) in [5.41, 5.74) is 3.46. The predicted octanol–water partition coefficient (Wildman–Crippen LogP) is 4.59. The summed E-state index contributed by atoms with van der Waals surface area (Å²) in [4.78, 5) is 20.0. The summed E-state index contributed by atoms with van der Waals surface area (Å²) in [5, 5.41) is 2.46. The zero-order chi connectivity index (χ0) is 22.0. The number of hydrogen-bond acceptors (Lipinski definition) is 6. The number of aryl methyl sites for hydroxylation is 2. The smallest absolute Gasteiger partial charge is 0.265 e. The molecule has 0 atom stereocenters. The van der Waals surface area contributed by atoms with Crippen molar-refractivity contribution in [3.05, 3.63) is 57.4 Å². The Morgan fingerprint density at radius 1 is 1.13 bits per heavy atom. The minimum Gasteiger partial charge on any atom is -0.338 e. The highest BCUT2D eigenvalue weighted by atomic mass is 32.2. The van der Waals surface area contributed by atoms with E-state index in [-0.39, 0.29) is 16.7 Å². The van der Waals surface area contributed by atoms with Gasteiger partial charge in [-0.25, -0.2) is 18.1 Å². The number of thiazole rings is 1. The molecule has 31 heavy (non-hydrogen) atoms. The molecule has 0 saturated carbocycles. The fourth-order valence-electron chi connectivity index (χ4n) is 3.48. The van der Waals surface area contributed by atoms with Gasteiger partial charge in [-0.1, -0.05) is 29.8 Å². The minimum absolute atomic E-state index is 0.0313. The molecule has 1 amide bonds. The standard InChI is InChI=1S/C22H25N3O3S3/c1-15-6-8-17(9-7-15)13-23-31(27,28)19-12-18(14-29-19)21-24-16(2)20(30-21)22(26)25-10-4-3-5-11-25/h6-9,12,14,23H,3-5,10-11,13H2,1-2H3. The van der Waals surface area contributed by atoms with Crippen LogP contribution in [0.15, 0.2) is 39.9 Å². The molecule has 1 aromatic carbocycles. The van der Waals surface area contributed by atoms with Crippen LogP contribution in [-0.4, -0.2) is 37.3 Å². The summed E-state index contributed by atoms with van der Waals surface area (Å²) in [6.45, 7) is 5.65. The molecular formula is C22H25N3O3S3. The summed E-state index contributed by atoms with van der Waals surface area (Å²) in [6, 6.07) is 9.38. The summed E-state index contributed by atoms with van der Waals surface area (Å²) < 4.78 is 28.4. The van der Waals surface area contributed by atoms with E-state index in [4.69, 9.17) is 0 Å². The third-order valence-corrected chi connectivity index (χ3v) is 9.34. The van der Waals surface area contributed by atoms with Gasteiger partial charge in [-0.05, 0) is 44.7 Å². The van der Waals surface area contributed by atoms with Gasteiger partial charge in [-0.2, -0.15) is 0 Å². The van der Waals surface area contributed by atoms with Crippen LogP contribution in [0.3, 0.4) is 0 Å². The van der Waals surface area contributed by atoms with E-state index in [9.17, 15) is 13.2 Å². The van der Waals surface area contributed by atoms with E-state index in [0.717, 1.165) is 54.0 Å². The number of carbonyl (C=O) groups is 1. The Labute approximate surface area is 191 Å². The normalized spacial score (nSPS) is 14.7. The first-order valence-corrected chi connectivity index (χ1v) is 13.4. The minimum atomic E-state index is -3.62. The number of nitrogens with zero attached hydrogens (tertiary/aromatic N) is 2. The number of thiophene rings is 1. The van der Waals surface area contributed by atoms with Gasteiger partial charge in [0.05, 0.1) is 5.69 Å². The molecule has 164 valence electrons. The number of aromatic nitrogens is 1. The van der Waals surface area contributed by atoms with Crippen molar-refractivity contribution < 1.29 is 13.2 Å². The van der Waals surface area contributed by atoms with Crippen LogP contribution in [0, 0.1) is 13.8 Å². The molecule has 9 heteroatoms. The highest BCUT2D eigenvalue weighted by Crippen LogP contribution is 2.33. The molecule has 1 N–H and O–H groups in total. The van der Waals surface area contributed by atoms with Crippen LogP contribution >= 0.6 is 22.7 Å². The van der Waals surface area contributed by atoms with Crippen LogP contribution in [0.25, 0.3) is 10.6 Å².